The van der Waals surface area contributed by atoms with Crippen LogP contribution < -0.4 is 5.32 Å². The molecule has 0 aliphatic rings. The predicted octanol–water partition coefficient (Wildman–Crippen LogP) is 3.50. The van der Waals surface area contributed by atoms with Crippen molar-refractivity contribution in [3.05, 3.63) is 76.4 Å². The first kappa shape index (κ1) is 16.9. The molecule has 1 heterocycles. The van der Waals surface area contributed by atoms with Crippen molar-refractivity contribution >= 4 is 11.6 Å². The fourth-order valence-electron chi connectivity index (χ4n) is 2.56. The summed E-state index contributed by atoms with van der Waals surface area (Å²) in [4.78, 5) is 16.6. The number of amides is 1. The molecular weight excluding hydrogens is 312 g/mol. The highest BCUT2D eigenvalue weighted by atomic mass is 16.1. The topological polar surface area (TPSA) is 70.7 Å². The van der Waals surface area contributed by atoms with Gasteiger partial charge in [0.15, 0.2) is 5.82 Å². The first-order valence-electron chi connectivity index (χ1n) is 8.32. The van der Waals surface area contributed by atoms with Crippen LogP contribution in [0.2, 0.25) is 0 Å². The van der Waals surface area contributed by atoms with Gasteiger partial charge in [-0.3, -0.25) is 9.89 Å². The minimum Gasteiger partial charge on any atom is -0.326 e. The molecule has 128 valence electrons. The van der Waals surface area contributed by atoms with E-state index in [9.17, 15) is 4.79 Å². The summed E-state index contributed by atoms with van der Waals surface area (Å²) in [5.41, 5.74) is 5.53. The summed E-state index contributed by atoms with van der Waals surface area (Å²) in [6, 6.07) is 14.2. The summed E-state index contributed by atoms with van der Waals surface area (Å²) in [7, 11) is 0. The lowest BCUT2D eigenvalue weighted by Gasteiger charge is -2.06. The molecule has 2 aromatic carbocycles. The van der Waals surface area contributed by atoms with Crippen molar-refractivity contribution in [2.75, 3.05) is 5.32 Å². The van der Waals surface area contributed by atoms with Crippen molar-refractivity contribution < 1.29 is 4.79 Å². The highest BCUT2D eigenvalue weighted by molar-refractivity contribution is 5.91. The minimum atomic E-state index is -0.121. The molecule has 0 unspecified atom stereocenters. The van der Waals surface area contributed by atoms with Crippen LogP contribution in [0, 0.1) is 20.8 Å². The summed E-state index contributed by atoms with van der Waals surface area (Å²) in [5, 5.41) is 9.95. The second-order valence-electron chi connectivity index (χ2n) is 6.38. The highest BCUT2D eigenvalue weighted by Crippen LogP contribution is 2.14. The van der Waals surface area contributed by atoms with Gasteiger partial charge in [0.1, 0.15) is 5.82 Å². The molecule has 0 saturated heterocycles. The third-order valence-electron chi connectivity index (χ3n) is 4.18. The number of anilines is 1. The second-order valence-corrected chi connectivity index (χ2v) is 6.38. The standard InChI is InChI=1S/C20H22N4O/c1-13-4-7-16(8-5-13)11-18-22-19(24-23-18)12-20(25)21-17-9-6-14(2)15(3)10-17/h4-10H,11-12H2,1-3H3,(H,21,25)(H,22,23,24). The van der Waals surface area contributed by atoms with Crippen LogP contribution in [0.15, 0.2) is 42.5 Å². The van der Waals surface area contributed by atoms with Gasteiger partial charge in [-0.2, -0.15) is 5.10 Å². The number of aromatic amines is 1. The predicted molar refractivity (Wildman–Crippen MR) is 98.6 cm³/mol. The van der Waals surface area contributed by atoms with Gasteiger partial charge in [-0.1, -0.05) is 35.9 Å². The van der Waals surface area contributed by atoms with Gasteiger partial charge in [0.2, 0.25) is 5.91 Å². The summed E-state index contributed by atoms with van der Waals surface area (Å²) < 4.78 is 0. The van der Waals surface area contributed by atoms with E-state index in [0.29, 0.717) is 12.2 Å². The number of aromatic nitrogens is 3. The zero-order valence-corrected chi connectivity index (χ0v) is 14.8. The number of benzene rings is 2. The minimum absolute atomic E-state index is 0.121. The Balaban J connectivity index is 1.59. The number of aryl methyl sites for hydroxylation is 3. The molecule has 0 fully saturated rings. The van der Waals surface area contributed by atoms with Gasteiger partial charge in [0.05, 0.1) is 6.42 Å². The van der Waals surface area contributed by atoms with Crippen molar-refractivity contribution in [3.63, 3.8) is 0 Å². The van der Waals surface area contributed by atoms with Crippen LogP contribution in [0.1, 0.15) is 33.9 Å². The second kappa shape index (κ2) is 7.30. The van der Waals surface area contributed by atoms with E-state index in [0.717, 1.165) is 22.6 Å². The quantitative estimate of drug-likeness (QED) is 0.750. The zero-order chi connectivity index (χ0) is 17.8. The molecule has 0 aliphatic carbocycles. The van der Waals surface area contributed by atoms with Gasteiger partial charge in [-0.25, -0.2) is 4.98 Å². The first-order chi connectivity index (χ1) is 12.0. The van der Waals surface area contributed by atoms with Crippen LogP contribution in [-0.2, 0) is 17.6 Å². The molecular formula is C20H22N4O. The number of carbonyl (C=O) groups excluding carboxylic acids is 1. The SMILES string of the molecule is Cc1ccc(Cc2nc(CC(=O)Nc3ccc(C)c(C)c3)n[nH]2)cc1. The van der Waals surface area contributed by atoms with E-state index in [4.69, 9.17) is 0 Å². The van der Waals surface area contributed by atoms with E-state index < -0.39 is 0 Å². The van der Waals surface area contributed by atoms with E-state index in [1.807, 2.05) is 32.0 Å². The van der Waals surface area contributed by atoms with Crippen LogP contribution in [-0.4, -0.2) is 21.1 Å². The normalized spacial score (nSPS) is 10.7. The van der Waals surface area contributed by atoms with Gasteiger partial charge in [-0.05, 0) is 49.6 Å². The Morgan fingerprint density at radius 3 is 2.52 bits per heavy atom. The lowest BCUT2D eigenvalue weighted by atomic mass is 10.1. The fraction of sp³-hybridized carbons (Fsp3) is 0.250. The molecule has 1 amide bonds. The first-order valence-corrected chi connectivity index (χ1v) is 8.32. The average molecular weight is 334 g/mol. The molecule has 25 heavy (non-hydrogen) atoms. The lowest BCUT2D eigenvalue weighted by molar-refractivity contribution is -0.115. The fourth-order valence-corrected chi connectivity index (χ4v) is 2.56. The molecule has 2 N–H and O–H groups in total. The van der Waals surface area contributed by atoms with Crippen LogP contribution in [0.5, 0.6) is 0 Å². The maximum Gasteiger partial charge on any atom is 0.232 e. The summed E-state index contributed by atoms with van der Waals surface area (Å²) in [5.74, 6) is 1.14. The Morgan fingerprint density at radius 1 is 1.04 bits per heavy atom. The Hall–Kier alpha value is -2.95. The molecule has 0 aliphatic heterocycles. The third-order valence-corrected chi connectivity index (χ3v) is 4.18. The summed E-state index contributed by atoms with van der Waals surface area (Å²) in [6.45, 7) is 6.13. The van der Waals surface area contributed by atoms with Crippen molar-refractivity contribution in [1.29, 1.82) is 0 Å². The van der Waals surface area contributed by atoms with Crippen LogP contribution in [0.4, 0.5) is 5.69 Å². The smallest absolute Gasteiger partial charge is 0.232 e. The molecule has 3 rings (SSSR count). The molecule has 3 aromatic rings. The molecule has 0 atom stereocenters. The van der Waals surface area contributed by atoms with Crippen molar-refractivity contribution in [2.24, 2.45) is 0 Å². The lowest BCUT2D eigenvalue weighted by Crippen LogP contribution is -2.15. The maximum atomic E-state index is 12.2. The molecule has 0 saturated carbocycles. The van der Waals surface area contributed by atoms with Crippen molar-refractivity contribution in [3.8, 4) is 0 Å². The van der Waals surface area contributed by atoms with Crippen molar-refractivity contribution in [2.45, 2.75) is 33.6 Å². The molecule has 0 radical (unpaired) electrons. The number of nitrogens with zero attached hydrogens (tertiary/aromatic N) is 2. The van der Waals surface area contributed by atoms with Gasteiger partial charge in [-0.15, -0.1) is 0 Å². The Labute approximate surface area is 147 Å². The van der Waals surface area contributed by atoms with Gasteiger partial charge >= 0.3 is 0 Å². The highest BCUT2D eigenvalue weighted by Gasteiger charge is 2.10. The van der Waals surface area contributed by atoms with E-state index in [2.05, 4.69) is 51.7 Å². The van der Waals surface area contributed by atoms with Crippen molar-refractivity contribution in [1.82, 2.24) is 15.2 Å². The number of hydrogen-bond donors (Lipinski definition) is 2. The number of rotatable bonds is 5. The van der Waals surface area contributed by atoms with E-state index >= 15 is 0 Å². The van der Waals surface area contributed by atoms with Crippen LogP contribution >= 0.6 is 0 Å². The zero-order valence-electron chi connectivity index (χ0n) is 14.8. The summed E-state index contributed by atoms with van der Waals surface area (Å²) in [6.07, 6.45) is 0.823. The monoisotopic (exact) mass is 334 g/mol. The average Bonchev–Trinajstić information content (AvgIpc) is 3.00. The van der Waals surface area contributed by atoms with E-state index in [1.54, 1.807) is 0 Å². The molecule has 0 bridgehead atoms. The van der Waals surface area contributed by atoms with E-state index in [1.165, 1.54) is 11.1 Å². The summed E-state index contributed by atoms with van der Waals surface area (Å²) >= 11 is 0. The molecule has 5 heteroatoms. The van der Waals surface area contributed by atoms with Gasteiger partial charge in [0, 0.05) is 12.1 Å². The Morgan fingerprint density at radius 2 is 1.80 bits per heavy atom. The van der Waals surface area contributed by atoms with Crippen LogP contribution in [0.3, 0.4) is 0 Å². The van der Waals surface area contributed by atoms with Gasteiger partial charge < -0.3 is 5.32 Å². The van der Waals surface area contributed by atoms with Gasteiger partial charge in [0.25, 0.3) is 0 Å². The molecule has 1 aromatic heterocycles. The van der Waals surface area contributed by atoms with E-state index in [-0.39, 0.29) is 12.3 Å². The van der Waals surface area contributed by atoms with Crippen LogP contribution in [0.25, 0.3) is 0 Å². The largest absolute Gasteiger partial charge is 0.326 e. The Bertz CT molecular complexity index is 881. The number of H-pyrrole nitrogens is 1. The number of hydrogen-bond acceptors (Lipinski definition) is 3. The number of carbonyl (C=O) groups is 1. The molecule has 0 spiro atoms. The third kappa shape index (κ3) is 4.53. The maximum absolute atomic E-state index is 12.2. The number of nitrogens with one attached hydrogen (secondary N) is 2. The Kier molecular flexibility index (Phi) is 4.93. The molecule has 5 nitrogen and oxygen atoms in total.